The zero-order valence-corrected chi connectivity index (χ0v) is 13.6. The van der Waals surface area contributed by atoms with Crippen molar-refractivity contribution in [2.24, 2.45) is 7.05 Å². The van der Waals surface area contributed by atoms with Crippen molar-refractivity contribution < 1.29 is 9.21 Å². The number of hydrogen-bond donors (Lipinski definition) is 2. The largest absolute Gasteiger partial charge is 0.468 e. The van der Waals surface area contributed by atoms with Gasteiger partial charge < -0.3 is 9.73 Å². The Hall–Kier alpha value is -2.28. The molecule has 2 aromatic heterocycles. The fourth-order valence-electron chi connectivity index (χ4n) is 3.02. The molecule has 0 bridgehead atoms. The van der Waals surface area contributed by atoms with Gasteiger partial charge in [-0.3, -0.25) is 14.9 Å². The summed E-state index contributed by atoms with van der Waals surface area (Å²) in [4.78, 5) is 14.5. The number of nitrogens with one attached hydrogen (secondary N) is 2. The standard InChI is InChI=1S/C16H23N5O2/c1-12-10-15(20(2)19-12)18-16(22)17-11-13(14-6-5-9-23-14)21-7-3-4-8-21/h5-6,9-10,13H,3-4,7-8,11H2,1-2H3,(H2,17,18,22)/t13-/m0/s1. The minimum absolute atomic E-state index is 0.0755. The van der Waals surface area contributed by atoms with Crippen LogP contribution in [0, 0.1) is 6.92 Å². The molecule has 2 aromatic rings. The van der Waals surface area contributed by atoms with E-state index < -0.39 is 0 Å². The lowest BCUT2D eigenvalue weighted by molar-refractivity contribution is 0.206. The quantitative estimate of drug-likeness (QED) is 0.887. The fourth-order valence-corrected chi connectivity index (χ4v) is 3.02. The Labute approximate surface area is 135 Å². The predicted octanol–water partition coefficient (Wildman–Crippen LogP) is 2.28. The van der Waals surface area contributed by atoms with E-state index in [9.17, 15) is 4.79 Å². The van der Waals surface area contributed by atoms with Crippen molar-refractivity contribution in [1.82, 2.24) is 20.0 Å². The number of rotatable bonds is 5. The number of nitrogens with zero attached hydrogens (tertiary/aromatic N) is 3. The molecule has 1 aliphatic heterocycles. The highest BCUT2D eigenvalue weighted by atomic mass is 16.3. The predicted molar refractivity (Wildman–Crippen MR) is 87.2 cm³/mol. The highest BCUT2D eigenvalue weighted by Gasteiger charge is 2.26. The summed E-state index contributed by atoms with van der Waals surface area (Å²) in [7, 11) is 1.80. The molecule has 2 amide bonds. The number of aromatic nitrogens is 2. The van der Waals surface area contributed by atoms with Gasteiger partial charge in [0.1, 0.15) is 11.6 Å². The molecule has 0 aromatic carbocycles. The van der Waals surface area contributed by atoms with Gasteiger partial charge in [-0.2, -0.15) is 5.10 Å². The second-order valence-corrected chi connectivity index (χ2v) is 5.90. The van der Waals surface area contributed by atoms with Crippen LogP contribution in [0.1, 0.15) is 30.3 Å². The van der Waals surface area contributed by atoms with Crippen LogP contribution in [0.4, 0.5) is 10.6 Å². The average Bonchev–Trinajstić information content (AvgIpc) is 3.24. The van der Waals surface area contributed by atoms with Gasteiger partial charge in [-0.05, 0) is 45.0 Å². The first-order valence-corrected chi connectivity index (χ1v) is 7.96. The molecular weight excluding hydrogens is 294 g/mol. The highest BCUT2D eigenvalue weighted by Crippen LogP contribution is 2.24. The monoisotopic (exact) mass is 317 g/mol. The number of urea groups is 1. The number of furan rings is 1. The minimum atomic E-state index is -0.233. The van der Waals surface area contributed by atoms with Crippen LogP contribution in [-0.4, -0.2) is 40.3 Å². The SMILES string of the molecule is Cc1cc(NC(=O)NC[C@@H](c2ccco2)N2CCCC2)n(C)n1. The van der Waals surface area contributed by atoms with Crippen LogP contribution in [0.3, 0.4) is 0 Å². The number of anilines is 1. The molecule has 2 N–H and O–H groups in total. The summed E-state index contributed by atoms with van der Waals surface area (Å²) in [5.74, 6) is 1.57. The van der Waals surface area contributed by atoms with Crippen LogP contribution >= 0.6 is 0 Å². The van der Waals surface area contributed by atoms with Gasteiger partial charge in [0.2, 0.25) is 0 Å². The zero-order chi connectivity index (χ0) is 16.2. The molecule has 0 radical (unpaired) electrons. The lowest BCUT2D eigenvalue weighted by atomic mass is 10.2. The number of carbonyl (C=O) groups is 1. The van der Waals surface area contributed by atoms with Crippen molar-refractivity contribution in [3.05, 3.63) is 35.9 Å². The molecule has 7 nitrogen and oxygen atoms in total. The van der Waals surface area contributed by atoms with Gasteiger partial charge in [0, 0.05) is 19.7 Å². The van der Waals surface area contributed by atoms with E-state index in [1.54, 1.807) is 18.0 Å². The zero-order valence-electron chi connectivity index (χ0n) is 13.6. The third-order valence-corrected chi connectivity index (χ3v) is 4.15. The lowest BCUT2D eigenvalue weighted by Gasteiger charge is -2.26. The van der Waals surface area contributed by atoms with Crippen LogP contribution in [-0.2, 0) is 7.05 Å². The Balaban J connectivity index is 1.60. The molecule has 23 heavy (non-hydrogen) atoms. The van der Waals surface area contributed by atoms with Gasteiger partial charge in [0.05, 0.1) is 18.0 Å². The van der Waals surface area contributed by atoms with Gasteiger partial charge in [-0.15, -0.1) is 0 Å². The van der Waals surface area contributed by atoms with Gasteiger partial charge in [-0.1, -0.05) is 0 Å². The summed E-state index contributed by atoms with van der Waals surface area (Å²) in [6.45, 7) is 4.48. The molecule has 124 valence electrons. The Morgan fingerprint density at radius 1 is 1.43 bits per heavy atom. The number of amides is 2. The molecule has 1 fully saturated rings. The average molecular weight is 317 g/mol. The molecule has 3 rings (SSSR count). The summed E-state index contributed by atoms with van der Waals surface area (Å²) >= 11 is 0. The van der Waals surface area contributed by atoms with E-state index in [2.05, 4.69) is 20.6 Å². The van der Waals surface area contributed by atoms with E-state index in [1.807, 2.05) is 25.1 Å². The van der Waals surface area contributed by atoms with Crippen molar-refractivity contribution in [1.29, 1.82) is 0 Å². The number of hydrogen-bond acceptors (Lipinski definition) is 4. The van der Waals surface area contributed by atoms with Crippen molar-refractivity contribution >= 4 is 11.8 Å². The maximum Gasteiger partial charge on any atom is 0.320 e. The van der Waals surface area contributed by atoms with Crippen molar-refractivity contribution in [3.63, 3.8) is 0 Å². The second kappa shape index (κ2) is 6.87. The summed E-state index contributed by atoms with van der Waals surface area (Å²) in [6, 6.07) is 5.53. The first-order valence-electron chi connectivity index (χ1n) is 7.96. The summed E-state index contributed by atoms with van der Waals surface area (Å²) < 4.78 is 7.21. The molecule has 0 aliphatic carbocycles. The Kier molecular flexibility index (Phi) is 4.66. The molecular formula is C16H23N5O2. The molecule has 0 unspecified atom stereocenters. The number of likely N-dealkylation sites (tertiary alicyclic amines) is 1. The topological polar surface area (TPSA) is 75.3 Å². The molecule has 7 heteroatoms. The summed E-state index contributed by atoms with van der Waals surface area (Å²) in [5.41, 5.74) is 0.869. The fraction of sp³-hybridized carbons (Fsp3) is 0.500. The van der Waals surface area contributed by atoms with Crippen LogP contribution < -0.4 is 10.6 Å². The van der Waals surface area contributed by atoms with E-state index in [4.69, 9.17) is 4.42 Å². The number of aryl methyl sites for hydroxylation is 2. The van der Waals surface area contributed by atoms with Crippen LogP contribution in [0.15, 0.2) is 28.9 Å². The second-order valence-electron chi connectivity index (χ2n) is 5.90. The van der Waals surface area contributed by atoms with Crippen LogP contribution in [0.25, 0.3) is 0 Å². The maximum absolute atomic E-state index is 12.2. The van der Waals surface area contributed by atoms with E-state index in [0.717, 1.165) is 24.5 Å². The third-order valence-electron chi connectivity index (χ3n) is 4.15. The van der Waals surface area contributed by atoms with Crippen LogP contribution in [0.2, 0.25) is 0 Å². The van der Waals surface area contributed by atoms with E-state index in [-0.39, 0.29) is 12.1 Å². The molecule has 1 atom stereocenters. The van der Waals surface area contributed by atoms with Gasteiger partial charge in [-0.25, -0.2) is 4.79 Å². The lowest BCUT2D eigenvalue weighted by Crippen LogP contribution is -2.38. The summed E-state index contributed by atoms with van der Waals surface area (Å²) in [5, 5.41) is 9.98. The Bertz CT molecular complexity index is 643. The smallest absolute Gasteiger partial charge is 0.320 e. The Morgan fingerprint density at radius 2 is 2.22 bits per heavy atom. The normalized spacial score (nSPS) is 16.4. The van der Waals surface area contributed by atoms with E-state index in [0.29, 0.717) is 12.4 Å². The van der Waals surface area contributed by atoms with Gasteiger partial charge >= 0.3 is 6.03 Å². The van der Waals surface area contributed by atoms with Gasteiger partial charge in [0.25, 0.3) is 0 Å². The van der Waals surface area contributed by atoms with Crippen molar-refractivity contribution in [2.75, 3.05) is 25.0 Å². The van der Waals surface area contributed by atoms with Crippen molar-refractivity contribution in [3.8, 4) is 0 Å². The number of carbonyl (C=O) groups excluding carboxylic acids is 1. The summed E-state index contributed by atoms with van der Waals surface area (Å²) in [6.07, 6.45) is 4.06. The maximum atomic E-state index is 12.2. The molecule has 0 saturated carbocycles. The molecule has 1 saturated heterocycles. The minimum Gasteiger partial charge on any atom is -0.468 e. The molecule has 0 spiro atoms. The highest BCUT2D eigenvalue weighted by molar-refractivity contribution is 5.88. The third kappa shape index (κ3) is 3.73. The molecule has 1 aliphatic rings. The van der Waals surface area contributed by atoms with E-state index in [1.165, 1.54) is 12.8 Å². The van der Waals surface area contributed by atoms with Crippen molar-refractivity contribution in [2.45, 2.75) is 25.8 Å². The first-order chi connectivity index (χ1) is 11.1. The van der Waals surface area contributed by atoms with Crippen LogP contribution in [0.5, 0.6) is 0 Å². The first kappa shape index (κ1) is 15.6. The van der Waals surface area contributed by atoms with E-state index >= 15 is 0 Å². The van der Waals surface area contributed by atoms with Gasteiger partial charge in [0.15, 0.2) is 0 Å². The molecule has 3 heterocycles. The Morgan fingerprint density at radius 3 is 2.83 bits per heavy atom.